The number of amides is 1. The number of hydrogen-bond acceptors (Lipinski definition) is 4. The van der Waals surface area contributed by atoms with Gasteiger partial charge in [-0.25, -0.2) is 12.8 Å². The highest BCUT2D eigenvalue weighted by atomic mass is 32.2. The predicted octanol–water partition coefficient (Wildman–Crippen LogP) is 3.20. The van der Waals surface area contributed by atoms with Crippen LogP contribution < -0.4 is 10.2 Å². The van der Waals surface area contributed by atoms with Gasteiger partial charge in [0.25, 0.3) is 0 Å². The summed E-state index contributed by atoms with van der Waals surface area (Å²) in [7, 11) is 0.217. The van der Waals surface area contributed by atoms with E-state index in [-0.39, 0.29) is 24.8 Å². The Morgan fingerprint density at radius 3 is 2.25 bits per heavy atom. The first-order valence-electron chi connectivity index (χ1n) is 8.89. The second-order valence-electron chi connectivity index (χ2n) is 6.80. The number of benzene rings is 2. The van der Waals surface area contributed by atoms with Crippen molar-refractivity contribution in [3.8, 4) is 0 Å². The van der Waals surface area contributed by atoms with E-state index in [0.29, 0.717) is 17.7 Å². The molecule has 0 radical (unpaired) electrons. The smallest absolute Gasteiger partial charge is 0.224 e. The normalized spacial score (nSPS) is 11.5. The Bertz CT molecular complexity index is 928. The highest BCUT2D eigenvalue weighted by Gasteiger charge is 2.20. The zero-order valence-electron chi connectivity index (χ0n) is 16.6. The number of nitrogens with one attached hydrogen (secondary N) is 1. The van der Waals surface area contributed by atoms with Crippen LogP contribution in [-0.4, -0.2) is 39.0 Å². The van der Waals surface area contributed by atoms with E-state index in [1.165, 1.54) is 16.4 Å². The van der Waals surface area contributed by atoms with Crippen molar-refractivity contribution in [2.75, 3.05) is 30.6 Å². The Balaban J connectivity index is 2.36. The molecule has 8 heteroatoms. The maximum Gasteiger partial charge on any atom is 0.224 e. The third-order valence-electron chi connectivity index (χ3n) is 4.25. The first-order chi connectivity index (χ1) is 13.1. The number of nitrogens with zero attached hydrogens (tertiary/aromatic N) is 2. The fourth-order valence-electron chi connectivity index (χ4n) is 2.75. The van der Waals surface area contributed by atoms with Gasteiger partial charge in [-0.3, -0.25) is 4.79 Å². The number of halogens is 1. The van der Waals surface area contributed by atoms with Gasteiger partial charge < -0.3 is 10.2 Å². The molecule has 2 aromatic rings. The first kappa shape index (κ1) is 21.8. The number of carbonyl (C=O) groups is 1. The monoisotopic (exact) mass is 407 g/mol. The van der Waals surface area contributed by atoms with Gasteiger partial charge in [-0.15, -0.1) is 0 Å². The maximum atomic E-state index is 13.2. The third-order valence-corrected chi connectivity index (χ3v) is 5.45. The number of sulfonamides is 1. The van der Waals surface area contributed by atoms with Gasteiger partial charge in [0.2, 0.25) is 15.9 Å². The van der Waals surface area contributed by atoms with Crippen molar-refractivity contribution in [3.05, 3.63) is 59.4 Å². The summed E-state index contributed by atoms with van der Waals surface area (Å²) in [5.41, 5.74) is 2.91. The lowest BCUT2D eigenvalue weighted by Crippen LogP contribution is -2.30. The van der Waals surface area contributed by atoms with E-state index in [0.717, 1.165) is 17.5 Å². The Hall–Kier alpha value is -2.45. The molecule has 152 valence electrons. The average molecular weight is 408 g/mol. The van der Waals surface area contributed by atoms with Crippen LogP contribution in [0.25, 0.3) is 0 Å². The lowest BCUT2D eigenvalue weighted by Gasteiger charge is -2.24. The molecule has 28 heavy (non-hydrogen) atoms. The minimum Gasteiger partial charge on any atom is -0.377 e. The molecule has 1 amide bonds. The number of hydrogen-bond donors (Lipinski definition) is 1. The van der Waals surface area contributed by atoms with E-state index in [1.54, 1.807) is 31.2 Å². The van der Waals surface area contributed by atoms with Crippen molar-refractivity contribution < 1.29 is 17.6 Å². The van der Waals surface area contributed by atoms with Crippen molar-refractivity contribution in [2.24, 2.45) is 0 Å². The predicted molar refractivity (Wildman–Crippen MR) is 110 cm³/mol. The third kappa shape index (κ3) is 6.03. The molecule has 0 spiro atoms. The zero-order valence-corrected chi connectivity index (χ0v) is 17.4. The largest absolute Gasteiger partial charge is 0.377 e. The fourth-order valence-corrected chi connectivity index (χ4v) is 3.51. The quantitative estimate of drug-likeness (QED) is 0.730. The molecule has 0 heterocycles. The van der Waals surface area contributed by atoms with Crippen LogP contribution in [0, 0.1) is 5.82 Å². The molecule has 0 atom stereocenters. The molecular formula is C20H26FN3O3S. The van der Waals surface area contributed by atoms with Gasteiger partial charge in [-0.05, 0) is 41.5 Å². The van der Waals surface area contributed by atoms with Crippen LogP contribution in [0.1, 0.15) is 24.5 Å². The number of anilines is 2. The summed E-state index contributed by atoms with van der Waals surface area (Å²) in [4.78, 5) is 13.6. The fraction of sp³-hybridized carbons (Fsp3) is 0.350. The molecule has 0 aliphatic carbocycles. The summed E-state index contributed by atoms with van der Waals surface area (Å²) in [5.74, 6) is -0.487. The first-order valence-corrected chi connectivity index (χ1v) is 10.7. The van der Waals surface area contributed by atoms with Gasteiger partial charge in [0.05, 0.1) is 6.26 Å². The van der Waals surface area contributed by atoms with Crippen LogP contribution in [0.3, 0.4) is 0 Å². The molecule has 2 aromatic carbocycles. The van der Waals surface area contributed by atoms with Gasteiger partial charge in [0.1, 0.15) is 5.82 Å². The zero-order chi connectivity index (χ0) is 20.9. The molecule has 0 aliphatic heterocycles. The minimum atomic E-state index is -3.52. The average Bonchev–Trinajstić information content (AvgIpc) is 2.62. The van der Waals surface area contributed by atoms with Crippen LogP contribution >= 0.6 is 0 Å². The van der Waals surface area contributed by atoms with Crippen molar-refractivity contribution in [3.63, 3.8) is 0 Å². The molecule has 0 aliphatic rings. The summed E-state index contributed by atoms with van der Waals surface area (Å²) in [6, 6.07) is 11.2. The van der Waals surface area contributed by atoms with Gasteiger partial charge in [-0.1, -0.05) is 19.1 Å². The van der Waals surface area contributed by atoms with E-state index >= 15 is 0 Å². The van der Waals surface area contributed by atoms with Crippen molar-refractivity contribution in [1.82, 2.24) is 4.31 Å². The van der Waals surface area contributed by atoms with Crippen LogP contribution in [0.4, 0.5) is 15.8 Å². The van der Waals surface area contributed by atoms with Crippen LogP contribution in [0.5, 0.6) is 0 Å². The summed E-state index contributed by atoms with van der Waals surface area (Å²) in [5, 5.41) is 2.80. The summed E-state index contributed by atoms with van der Waals surface area (Å²) < 4.78 is 39.2. The molecule has 6 nitrogen and oxygen atoms in total. The van der Waals surface area contributed by atoms with Crippen LogP contribution in [-0.2, 0) is 27.9 Å². The minimum absolute atomic E-state index is 0.116. The highest BCUT2D eigenvalue weighted by Crippen LogP contribution is 2.26. The number of rotatable bonds is 8. The summed E-state index contributed by atoms with van der Waals surface area (Å²) >= 11 is 0. The molecule has 0 fully saturated rings. The van der Waals surface area contributed by atoms with E-state index in [4.69, 9.17) is 0 Å². The molecule has 2 rings (SSSR count). The van der Waals surface area contributed by atoms with Gasteiger partial charge in [0, 0.05) is 45.0 Å². The highest BCUT2D eigenvalue weighted by molar-refractivity contribution is 7.88. The maximum absolute atomic E-state index is 13.2. The molecule has 0 bridgehead atoms. The second-order valence-corrected chi connectivity index (χ2v) is 8.78. The second kappa shape index (κ2) is 9.16. The number of carbonyl (C=O) groups excluding carboxylic acids is 1. The van der Waals surface area contributed by atoms with E-state index in [9.17, 15) is 17.6 Å². The molecule has 0 saturated carbocycles. The molecular weight excluding hydrogens is 381 g/mol. The van der Waals surface area contributed by atoms with Crippen molar-refractivity contribution in [1.29, 1.82) is 0 Å². The Morgan fingerprint density at radius 2 is 1.71 bits per heavy atom. The standard InChI is InChI=1S/C20H26FN3O3S/c1-5-20(25)22-18-10-11-19(23(2)3)16(12-18)14-24(28(4,26)27)13-15-6-8-17(21)9-7-15/h6-12H,5,13-14H2,1-4H3,(H,22,25). The molecule has 1 N–H and O–H groups in total. The lowest BCUT2D eigenvalue weighted by atomic mass is 10.1. The van der Waals surface area contributed by atoms with Crippen molar-refractivity contribution in [2.45, 2.75) is 26.4 Å². The molecule has 0 unspecified atom stereocenters. The van der Waals surface area contributed by atoms with E-state index in [1.807, 2.05) is 25.1 Å². The molecule has 0 aromatic heterocycles. The van der Waals surface area contributed by atoms with Crippen LogP contribution in [0.2, 0.25) is 0 Å². The Labute approximate surface area is 166 Å². The summed E-state index contributed by atoms with van der Waals surface area (Å²) in [6.07, 6.45) is 1.50. The SMILES string of the molecule is CCC(=O)Nc1ccc(N(C)C)c(CN(Cc2ccc(F)cc2)S(C)(=O)=O)c1. The molecule has 0 saturated heterocycles. The van der Waals surface area contributed by atoms with Gasteiger partial charge in [0.15, 0.2) is 0 Å². The van der Waals surface area contributed by atoms with Crippen LogP contribution in [0.15, 0.2) is 42.5 Å². The van der Waals surface area contributed by atoms with Crippen molar-refractivity contribution >= 4 is 27.3 Å². The van der Waals surface area contributed by atoms with E-state index in [2.05, 4.69) is 5.32 Å². The Morgan fingerprint density at radius 1 is 1.07 bits per heavy atom. The van der Waals surface area contributed by atoms with Gasteiger partial charge in [-0.2, -0.15) is 4.31 Å². The van der Waals surface area contributed by atoms with E-state index < -0.39 is 10.0 Å². The van der Waals surface area contributed by atoms with Gasteiger partial charge >= 0.3 is 0 Å². The summed E-state index contributed by atoms with van der Waals surface area (Å²) in [6.45, 7) is 2.01. The Kier molecular flexibility index (Phi) is 7.15. The topological polar surface area (TPSA) is 69.7 Å². The lowest BCUT2D eigenvalue weighted by molar-refractivity contribution is -0.115.